The molecule has 28 heavy (non-hydrogen) atoms. The van der Waals surface area contributed by atoms with Crippen molar-refractivity contribution in [2.45, 2.75) is 103 Å². The first-order valence-electron chi connectivity index (χ1n) is 12.5. The predicted molar refractivity (Wildman–Crippen MR) is 117 cm³/mol. The molecule has 156 valence electrons. The molecule has 1 aromatic rings. The largest absolute Gasteiger partial charge is 0.207 e. The van der Waals surface area contributed by atoms with Gasteiger partial charge in [-0.2, -0.15) is 0 Å². The Morgan fingerprint density at radius 3 is 2.04 bits per heavy atom. The highest BCUT2D eigenvalue weighted by molar-refractivity contribution is 5.21. The third-order valence-corrected chi connectivity index (χ3v) is 8.76. The molecular formula is C27H41F. The van der Waals surface area contributed by atoms with E-state index in [9.17, 15) is 4.39 Å². The van der Waals surface area contributed by atoms with Crippen LogP contribution in [0.25, 0.3) is 0 Å². The molecular weight excluding hydrogens is 343 g/mol. The fourth-order valence-corrected chi connectivity index (χ4v) is 7.05. The van der Waals surface area contributed by atoms with E-state index in [1.807, 2.05) is 12.1 Å². The monoisotopic (exact) mass is 384 g/mol. The fraction of sp³-hybridized carbons (Fsp3) is 0.778. The zero-order valence-corrected chi connectivity index (χ0v) is 18.1. The van der Waals surface area contributed by atoms with Crippen LogP contribution in [0.1, 0.15) is 108 Å². The molecule has 3 saturated carbocycles. The Hall–Kier alpha value is -0.850. The van der Waals surface area contributed by atoms with E-state index in [1.54, 1.807) is 18.6 Å². The molecule has 0 unspecified atom stereocenters. The summed E-state index contributed by atoms with van der Waals surface area (Å²) in [4.78, 5) is 0. The summed E-state index contributed by atoms with van der Waals surface area (Å²) in [5.74, 6) is 5.71. The van der Waals surface area contributed by atoms with Crippen LogP contribution in [0.15, 0.2) is 24.3 Å². The van der Waals surface area contributed by atoms with E-state index in [2.05, 4.69) is 6.92 Å². The van der Waals surface area contributed by atoms with E-state index in [1.165, 1.54) is 89.0 Å². The molecule has 1 aromatic carbocycles. The van der Waals surface area contributed by atoms with Crippen LogP contribution in [0.2, 0.25) is 0 Å². The van der Waals surface area contributed by atoms with Crippen molar-refractivity contribution in [3.8, 4) is 0 Å². The summed E-state index contributed by atoms with van der Waals surface area (Å²) >= 11 is 0. The predicted octanol–water partition coefficient (Wildman–Crippen LogP) is 8.51. The van der Waals surface area contributed by atoms with Gasteiger partial charge in [0.15, 0.2) is 0 Å². The summed E-state index contributed by atoms with van der Waals surface area (Å²) in [6.07, 6.45) is 20.4. The quantitative estimate of drug-likeness (QED) is 0.431. The van der Waals surface area contributed by atoms with Crippen LogP contribution in [0.4, 0.5) is 4.39 Å². The van der Waals surface area contributed by atoms with Crippen molar-refractivity contribution in [2.24, 2.45) is 29.6 Å². The van der Waals surface area contributed by atoms with Crippen molar-refractivity contribution in [3.63, 3.8) is 0 Å². The number of benzene rings is 1. The molecule has 0 aromatic heterocycles. The average molecular weight is 385 g/mol. The van der Waals surface area contributed by atoms with Crippen LogP contribution in [0.5, 0.6) is 0 Å². The summed E-state index contributed by atoms with van der Waals surface area (Å²) in [5, 5.41) is 0. The van der Waals surface area contributed by atoms with Crippen LogP contribution in [-0.4, -0.2) is 0 Å². The molecule has 0 N–H and O–H groups in total. The van der Waals surface area contributed by atoms with Crippen molar-refractivity contribution in [2.75, 3.05) is 0 Å². The zero-order chi connectivity index (χ0) is 19.3. The lowest BCUT2D eigenvalue weighted by Crippen LogP contribution is -2.34. The van der Waals surface area contributed by atoms with Gasteiger partial charge in [-0.1, -0.05) is 51.2 Å². The van der Waals surface area contributed by atoms with E-state index in [0.29, 0.717) is 5.92 Å². The third kappa shape index (κ3) is 5.00. The molecule has 4 atom stereocenters. The zero-order valence-electron chi connectivity index (χ0n) is 18.1. The van der Waals surface area contributed by atoms with Crippen molar-refractivity contribution in [1.82, 2.24) is 0 Å². The lowest BCUT2D eigenvalue weighted by molar-refractivity contribution is 0.0614. The SMILES string of the molecule is CCCCC[C@H]1CC[C@@H]2C[C@H](C3CCC(c4ccc(F)cc4)CC3)CC[C@H]2C1. The van der Waals surface area contributed by atoms with Gasteiger partial charge < -0.3 is 0 Å². The highest BCUT2D eigenvalue weighted by Gasteiger charge is 2.38. The minimum atomic E-state index is -0.103. The summed E-state index contributed by atoms with van der Waals surface area (Å²) < 4.78 is 13.2. The minimum absolute atomic E-state index is 0.103. The molecule has 3 aliphatic carbocycles. The van der Waals surface area contributed by atoms with Gasteiger partial charge in [-0.05, 0) is 111 Å². The number of hydrogen-bond donors (Lipinski definition) is 0. The second-order valence-electron chi connectivity index (χ2n) is 10.4. The number of halogens is 1. The Morgan fingerprint density at radius 1 is 0.714 bits per heavy atom. The molecule has 0 radical (unpaired) electrons. The first-order chi connectivity index (χ1) is 13.7. The summed E-state index contributed by atoms with van der Waals surface area (Å²) in [6, 6.07) is 7.32. The van der Waals surface area contributed by atoms with Gasteiger partial charge in [-0.25, -0.2) is 4.39 Å². The molecule has 0 aliphatic heterocycles. The highest BCUT2D eigenvalue weighted by Crippen LogP contribution is 2.50. The number of fused-ring (bicyclic) bond motifs is 1. The van der Waals surface area contributed by atoms with Crippen molar-refractivity contribution >= 4 is 0 Å². The second-order valence-corrected chi connectivity index (χ2v) is 10.4. The maximum atomic E-state index is 13.2. The summed E-state index contributed by atoms with van der Waals surface area (Å²) in [6.45, 7) is 2.32. The van der Waals surface area contributed by atoms with Crippen LogP contribution < -0.4 is 0 Å². The Balaban J connectivity index is 1.23. The molecule has 4 rings (SSSR count). The van der Waals surface area contributed by atoms with E-state index < -0.39 is 0 Å². The van der Waals surface area contributed by atoms with Gasteiger partial charge in [0, 0.05) is 0 Å². The molecule has 0 spiro atoms. The maximum Gasteiger partial charge on any atom is 0.123 e. The molecule has 0 bridgehead atoms. The molecule has 0 nitrogen and oxygen atoms in total. The average Bonchev–Trinajstić information content (AvgIpc) is 2.74. The third-order valence-electron chi connectivity index (χ3n) is 8.76. The fourth-order valence-electron chi connectivity index (χ4n) is 7.05. The number of rotatable bonds is 6. The second kappa shape index (κ2) is 9.77. The van der Waals surface area contributed by atoms with Gasteiger partial charge >= 0.3 is 0 Å². The molecule has 0 heterocycles. The molecule has 3 aliphatic rings. The molecule has 3 fully saturated rings. The maximum absolute atomic E-state index is 13.2. The first-order valence-corrected chi connectivity index (χ1v) is 12.5. The van der Waals surface area contributed by atoms with E-state index in [-0.39, 0.29) is 5.82 Å². The summed E-state index contributed by atoms with van der Waals surface area (Å²) in [5.41, 5.74) is 1.37. The number of hydrogen-bond acceptors (Lipinski definition) is 0. The van der Waals surface area contributed by atoms with Gasteiger partial charge in [0.05, 0.1) is 0 Å². The topological polar surface area (TPSA) is 0 Å². The highest BCUT2D eigenvalue weighted by atomic mass is 19.1. The van der Waals surface area contributed by atoms with E-state index >= 15 is 0 Å². The van der Waals surface area contributed by atoms with Gasteiger partial charge in [0.25, 0.3) is 0 Å². The standard InChI is InChI=1S/C27H41F/c1-2-3-4-5-20-6-7-26-19-25(13-12-24(26)18-20)23-10-8-21(9-11-23)22-14-16-27(28)17-15-22/h14-17,20-21,23-26H,2-13,18-19H2,1H3/t20-,21?,23?,24-,25+,26+/m0/s1. The Kier molecular flexibility index (Phi) is 7.13. The Labute approximate surface area is 172 Å². The van der Waals surface area contributed by atoms with Crippen LogP contribution >= 0.6 is 0 Å². The minimum Gasteiger partial charge on any atom is -0.207 e. The van der Waals surface area contributed by atoms with Gasteiger partial charge in [-0.3, -0.25) is 0 Å². The van der Waals surface area contributed by atoms with Crippen LogP contribution in [0, 0.1) is 35.4 Å². The van der Waals surface area contributed by atoms with Crippen molar-refractivity contribution in [1.29, 1.82) is 0 Å². The van der Waals surface area contributed by atoms with Gasteiger partial charge in [0.2, 0.25) is 0 Å². The van der Waals surface area contributed by atoms with Crippen molar-refractivity contribution < 1.29 is 4.39 Å². The lowest BCUT2D eigenvalue weighted by Gasteiger charge is -2.45. The smallest absolute Gasteiger partial charge is 0.123 e. The van der Waals surface area contributed by atoms with Crippen LogP contribution in [-0.2, 0) is 0 Å². The summed E-state index contributed by atoms with van der Waals surface area (Å²) in [7, 11) is 0. The molecule has 0 amide bonds. The molecule has 0 saturated heterocycles. The first kappa shape index (κ1) is 20.4. The molecule has 1 heteroatoms. The normalized spacial score (nSPS) is 36.1. The van der Waals surface area contributed by atoms with E-state index in [0.717, 1.165) is 29.6 Å². The lowest BCUT2D eigenvalue weighted by atomic mass is 9.60. The van der Waals surface area contributed by atoms with E-state index in [4.69, 9.17) is 0 Å². The number of unbranched alkanes of at least 4 members (excludes halogenated alkanes) is 2. The van der Waals surface area contributed by atoms with Crippen molar-refractivity contribution in [3.05, 3.63) is 35.6 Å². The van der Waals surface area contributed by atoms with Gasteiger partial charge in [-0.15, -0.1) is 0 Å². The van der Waals surface area contributed by atoms with Gasteiger partial charge in [0.1, 0.15) is 5.82 Å². The Bertz CT molecular complexity index is 583. The van der Waals surface area contributed by atoms with Crippen LogP contribution in [0.3, 0.4) is 0 Å². The Morgan fingerprint density at radius 2 is 1.32 bits per heavy atom.